The fraction of sp³-hybridized carbons (Fsp3) is 0.118. The van der Waals surface area contributed by atoms with E-state index < -0.39 is 0 Å². The van der Waals surface area contributed by atoms with Crippen LogP contribution in [0, 0.1) is 0 Å². The van der Waals surface area contributed by atoms with Gasteiger partial charge < -0.3 is 4.57 Å². The summed E-state index contributed by atoms with van der Waals surface area (Å²) in [6.07, 6.45) is 0.625. The molecule has 0 saturated heterocycles. The maximum atomic E-state index is 12.2. The van der Waals surface area contributed by atoms with Crippen molar-refractivity contribution in [2.45, 2.75) is 13.0 Å². The number of benzene rings is 2. The van der Waals surface area contributed by atoms with Gasteiger partial charge in [-0.15, -0.1) is 0 Å². The van der Waals surface area contributed by atoms with Gasteiger partial charge in [-0.1, -0.05) is 48.5 Å². The SMILES string of the molecule is O=C1CCn2c1c(-c1ccccc1)c1ccccc12. The first-order valence-electron chi connectivity index (χ1n) is 6.56. The first-order chi connectivity index (χ1) is 9.36. The molecule has 2 aromatic carbocycles. The summed E-state index contributed by atoms with van der Waals surface area (Å²) in [5, 5.41) is 1.18. The highest BCUT2D eigenvalue weighted by molar-refractivity contribution is 6.12. The highest BCUT2D eigenvalue weighted by Crippen LogP contribution is 2.38. The van der Waals surface area contributed by atoms with E-state index in [2.05, 4.69) is 28.8 Å². The van der Waals surface area contributed by atoms with E-state index >= 15 is 0 Å². The molecular formula is C17H13NO. The molecule has 0 atom stereocenters. The van der Waals surface area contributed by atoms with Gasteiger partial charge in [-0.25, -0.2) is 0 Å². The third kappa shape index (κ3) is 1.40. The van der Waals surface area contributed by atoms with Crippen molar-refractivity contribution in [1.82, 2.24) is 4.57 Å². The quantitative estimate of drug-likeness (QED) is 0.639. The molecule has 0 amide bonds. The average Bonchev–Trinajstić information content (AvgIpc) is 2.99. The Kier molecular flexibility index (Phi) is 2.12. The zero-order valence-corrected chi connectivity index (χ0v) is 10.5. The van der Waals surface area contributed by atoms with Gasteiger partial charge in [-0.05, 0) is 11.6 Å². The second-order valence-electron chi connectivity index (χ2n) is 4.93. The molecule has 0 bridgehead atoms. The van der Waals surface area contributed by atoms with Crippen LogP contribution < -0.4 is 0 Å². The van der Waals surface area contributed by atoms with Crippen LogP contribution in [0.25, 0.3) is 22.0 Å². The molecule has 0 N–H and O–H groups in total. The highest BCUT2D eigenvalue weighted by Gasteiger charge is 2.27. The minimum Gasteiger partial charge on any atom is -0.337 e. The summed E-state index contributed by atoms with van der Waals surface area (Å²) in [4.78, 5) is 12.2. The zero-order valence-electron chi connectivity index (χ0n) is 10.5. The molecule has 0 saturated carbocycles. The van der Waals surface area contributed by atoms with Gasteiger partial charge in [0.25, 0.3) is 0 Å². The molecule has 0 radical (unpaired) electrons. The number of aryl methyl sites for hydroxylation is 1. The lowest BCUT2D eigenvalue weighted by Crippen LogP contribution is -1.95. The Labute approximate surface area is 111 Å². The van der Waals surface area contributed by atoms with Crippen molar-refractivity contribution in [1.29, 1.82) is 0 Å². The van der Waals surface area contributed by atoms with Gasteiger partial charge in [-0.3, -0.25) is 4.79 Å². The minimum absolute atomic E-state index is 0.259. The lowest BCUT2D eigenvalue weighted by molar-refractivity contribution is 0.0995. The first-order valence-corrected chi connectivity index (χ1v) is 6.56. The molecule has 1 aromatic heterocycles. The van der Waals surface area contributed by atoms with Crippen LogP contribution in [0.2, 0.25) is 0 Å². The molecule has 1 aliphatic rings. The van der Waals surface area contributed by atoms with Crippen LogP contribution >= 0.6 is 0 Å². The molecule has 0 fully saturated rings. The Hall–Kier alpha value is -2.35. The molecule has 2 heteroatoms. The fourth-order valence-electron chi connectivity index (χ4n) is 3.05. The molecule has 92 valence electrons. The summed E-state index contributed by atoms with van der Waals surface area (Å²) < 4.78 is 2.17. The van der Waals surface area contributed by atoms with Gasteiger partial charge in [0.15, 0.2) is 5.78 Å². The molecule has 2 heterocycles. The van der Waals surface area contributed by atoms with Crippen LogP contribution in [0.5, 0.6) is 0 Å². The second kappa shape index (κ2) is 3.82. The average molecular weight is 247 g/mol. The molecule has 19 heavy (non-hydrogen) atoms. The number of fused-ring (bicyclic) bond motifs is 3. The van der Waals surface area contributed by atoms with E-state index in [1.165, 1.54) is 10.9 Å². The van der Waals surface area contributed by atoms with Crippen LogP contribution in [0.4, 0.5) is 0 Å². The number of rotatable bonds is 1. The number of aromatic nitrogens is 1. The summed E-state index contributed by atoms with van der Waals surface area (Å²) in [6.45, 7) is 0.807. The summed E-state index contributed by atoms with van der Waals surface area (Å²) in [7, 11) is 0. The standard InChI is InChI=1S/C17H13NO/c19-15-10-11-18-14-9-5-4-8-13(14)16(17(15)18)12-6-2-1-3-7-12/h1-9H,10-11H2. The van der Waals surface area contributed by atoms with Crippen molar-refractivity contribution in [3.05, 3.63) is 60.3 Å². The third-order valence-corrected chi connectivity index (χ3v) is 3.86. The number of Topliss-reactive ketones (excluding diaryl/α,β-unsaturated/α-hetero) is 1. The Morgan fingerprint density at radius 1 is 0.895 bits per heavy atom. The Morgan fingerprint density at radius 3 is 2.47 bits per heavy atom. The lowest BCUT2D eigenvalue weighted by atomic mass is 10.00. The first kappa shape index (κ1) is 10.6. The fourth-order valence-corrected chi connectivity index (χ4v) is 3.05. The monoisotopic (exact) mass is 247 g/mol. The van der Waals surface area contributed by atoms with Gasteiger partial charge >= 0.3 is 0 Å². The van der Waals surface area contributed by atoms with E-state index in [0.29, 0.717) is 6.42 Å². The van der Waals surface area contributed by atoms with Gasteiger partial charge in [0.1, 0.15) is 0 Å². The summed E-state index contributed by atoms with van der Waals surface area (Å²) in [5.41, 5.74) is 4.27. The van der Waals surface area contributed by atoms with Crippen LogP contribution in [0.15, 0.2) is 54.6 Å². The van der Waals surface area contributed by atoms with Gasteiger partial charge in [0.05, 0.1) is 5.69 Å². The van der Waals surface area contributed by atoms with Crippen LogP contribution in [-0.2, 0) is 6.54 Å². The number of para-hydroxylation sites is 1. The van der Waals surface area contributed by atoms with E-state index in [9.17, 15) is 4.79 Å². The van der Waals surface area contributed by atoms with Crippen LogP contribution in [0.3, 0.4) is 0 Å². The highest BCUT2D eigenvalue weighted by atomic mass is 16.1. The molecular weight excluding hydrogens is 234 g/mol. The van der Waals surface area contributed by atoms with E-state index in [1.54, 1.807) is 0 Å². The second-order valence-corrected chi connectivity index (χ2v) is 4.93. The Balaban J connectivity index is 2.15. The number of nitrogens with zero attached hydrogens (tertiary/aromatic N) is 1. The molecule has 2 nitrogen and oxygen atoms in total. The van der Waals surface area contributed by atoms with Gasteiger partial charge in [0, 0.05) is 29.4 Å². The number of hydrogen-bond acceptors (Lipinski definition) is 1. The van der Waals surface area contributed by atoms with E-state index in [0.717, 1.165) is 23.4 Å². The smallest absolute Gasteiger partial charge is 0.181 e. The molecule has 4 rings (SSSR count). The molecule has 0 spiro atoms. The third-order valence-electron chi connectivity index (χ3n) is 3.86. The lowest BCUT2D eigenvalue weighted by Gasteiger charge is -2.02. The van der Waals surface area contributed by atoms with E-state index in [1.807, 2.05) is 30.3 Å². The summed E-state index contributed by atoms with van der Waals surface area (Å²) in [6, 6.07) is 18.5. The number of ketones is 1. The Morgan fingerprint density at radius 2 is 1.63 bits per heavy atom. The minimum atomic E-state index is 0.259. The van der Waals surface area contributed by atoms with Crippen molar-refractivity contribution in [2.75, 3.05) is 0 Å². The summed E-state index contributed by atoms with van der Waals surface area (Å²) >= 11 is 0. The van der Waals surface area contributed by atoms with Crippen molar-refractivity contribution < 1.29 is 4.79 Å². The normalized spacial score (nSPS) is 14.0. The predicted molar refractivity (Wildman–Crippen MR) is 76.3 cm³/mol. The molecule has 0 unspecified atom stereocenters. The van der Waals surface area contributed by atoms with Crippen molar-refractivity contribution >= 4 is 16.7 Å². The van der Waals surface area contributed by atoms with E-state index in [4.69, 9.17) is 0 Å². The molecule has 1 aliphatic heterocycles. The number of carbonyl (C=O) groups excluding carboxylic acids is 1. The predicted octanol–water partition coefficient (Wildman–Crippen LogP) is 3.89. The summed E-state index contributed by atoms with van der Waals surface area (Å²) in [5.74, 6) is 0.259. The van der Waals surface area contributed by atoms with Crippen molar-refractivity contribution in [3.8, 4) is 11.1 Å². The van der Waals surface area contributed by atoms with Gasteiger partial charge in [-0.2, -0.15) is 0 Å². The maximum Gasteiger partial charge on any atom is 0.181 e. The number of hydrogen-bond donors (Lipinski definition) is 0. The van der Waals surface area contributed by atoms with Gasteiger partial charge in [0.2, 0.25) is 0 Å². The topological polar surface area (TPSA) is 22.0 Å². The van der Waals surface area contributed by atoms with Crippen LogP contribution in [0.1, 0.15) is 16.9 Å². The number of carbonyl (C=O) groups is 1. The molecule has 3 aromatic rings. The van der Waals surface area contributed by atoms with E-state index in [-0.39, 0.29) is 5.78 Å². The van der Waals surface area contributed by atoms with Crippen molar-refractivity contribution in [3.63, 3.8) is 0 Å². The maximum absolute atomic E-state index is 12.2. The zero-order chi connectivity index (χ0) is 12.8. The largest absolute Gasteiger partial charge is 0.337 e. The Bertz CT molecular complexity index is 784. The van der Waals surface area contributed by atoms with Crippen molar-refractivity contribution in [2.24, 2.45) is 0 Å². The van der Waals surface area contributed by atoms with Crippen LogP contribution in [-0.4, -0.2) is 10.4 Å². The molecule has 0 aliphatic carbocycles.